The summed E-state index contributed by atoms with van der Waals surface area (Å²) in [5, 5.41) is 0. The predicted octanol–water partition coefficient (Wildman–Crippen LogP) is 3.10. The second-order valence-electron chi connectivity index (χ2n) is 2.16. The fraction of sp³-hybridized carbons (Fsp3) is 0.400. The van der Waals surface area contributed by atoms with Gasteiger partial charge in [0.25, 0.3) is 0 Å². The van der Waals surface area contributed by atoms with Crippen molar-refractivity contribution in [2.75, 3.05) is 0 Å². The summed E-state index contributed by atoms with van der Waals surface area (Å²) in [6.07, 6.45) is 7.69. The molecule has 1 heteroatoms. The molecule has 0 heterocycles. The van der Waals surface area contributed by atoms with Gasteiger partial charge in [-0.25, -0.2) is 0 Å². The summed E-state index contributed by atoms with van der Waals surface area (Å²) in [6.45, 7) is 7.56. The number of hydrogen-bond donors (Lipinski definition) is 0. The highest BCUT2D eigenvalue weighted by Crippen LogP contribution is 2.00. The van der Waals surface area contributed by atoms with Gasteiger partial charge in [0.05, 0.1) is 0 Å². The highest BCUT2D eigenvalue weighted by atomic mass is 14.6. The third kappa shape index (κ3) is 5.38. The molecule has 0 atom stereocenters. The van der Waals surface area contributed by atoms with E-state index in [2.05, 4.69) is 31.3 Å². The number of aliphatic imine (C=N–C) groups is 1. The van der Waals surface area contributed by atoms with Crippen LogP contribution in [-0.4, -0.2) is 6.72 Å². The molecule has 0 fully saturated rings. The smallest absolute Gasteiger partial charge is 0.0298 e. The monoisotopic (exact) mass is 149 g/mol. The highest BCUT2D eigenvalue weighted by molar-refractivity contribution is 5.28. The molecule has 0 rings (SSSR count). The van der Waals surface area contributed by atoms with Crippen LogP contribution in [0.15, 0.2) is 34.6 Å². The lowest BCUT2D eigenvalue weighted by Gasteiger charge is -1.88. The molecule has 0 aromatic rings. The van der Waals surface area contributed by atoms with Crippen LogP contribution in [0.1, 0.15) is 26.7 Å². The van der Waals surface area contributed by atoms with Crippen LogP contribution in [0.5, 0.6) is 0 Å². The Bertz CT molecular complexity index is 193. The summed E-state index contributed by atoms with van der Waals surface area (Å²) in [5.41, 5.74) is 4.22. The molecule has 1 nitrogen and oxygen atoms in total. The average molecular weight is 149 g/mol. The van der Waals surface area contributed by atoms with E-state index >= 15 is 0 Å². The summed E-state index contributed by atoms with van der Waals surface area (Å²) < 4.78 is 0. The Labute approximate surface area is 68.9 Å². The van der Waals surface area contributed by atoms with Crippen molar-refractivity contribution in [2.24, 2.45) is 4.99 Å². The molecule has 0 unspecified atom stereocenters. The minimum Gasteiger partial charge on any atom is -0.272 e. The van der Waals surface area contributed by atoms with Crippen molar-refractivity contribution >= 4 is 6.72 Å². The van der Waals surface area contributed by atoms with E-state index in [1.807, 2.05) is 12.2 Å². The molecule has 0 aliphatic heterocycles. The molecule has 0 aromatic heterocycles. The zero-order valence-electron chi connectivity index (χ0n) is 7.30. The number of allylic oxidation sites excluding steroid dienone is 2. The molecule has 0 spiro atoms. The van der Waals surface area contributed by atoms with Gasteiger partial charge in [-0.2, -0.15) is 0 Å². The van der Waals surface area contributed by atoms with E-state index in [-0.39, 0.29) is 0 Å². The highest BCUT2D eigenvalue weighted by Gasteiger charge is 1.82. The van der Waals surface area contributed by atoms with Gasteiger partial charge in [-0.15, -0.1) is 5.73 Å². The van der Waals surface area contributed by atoms with E-state index in [1.165, 1.54) is 0 Å². The lowest BCUT2D eigenvalue weighted by Crippen LogP contribution is -1.70. The largest absolute Gasteiger partial charge is 0.272 e. The van der Waals surface area contributed by atoms with Crippen LogP contribution in [0.2, 0.25) is 0 Å². The van der Waals surface area contributed by atoms with Crippen molar-refractivity contribution in [1.82, 2.24) is 0 Å². The van der Waals surface area contributed by atoms with Crippen molar-refractivity contribution in [3.63, 3.8) is 0 Å². The van der Waals surface area contributed by atoms with E-state index in [1.54, 1.807) is 6.20 Å². The maximum Gasteiger partial charge on any atom is 0.0298 e. The van der Waals surface area contributed by atoms with Crippen molar-refractivity contribution < 1.29 is 0 Å². The van der Waals surface area contributed by atoms with Crippen LogP contribution in [0, 0.1) is 0 Å². The lowest BCUT2D eigenvalue weighted by atomic mass is 10.2. The minimum absolute atomic E-state index is 0.976. The molecule has 0 aliphatic rings. The Morgan fingerprint density at radius 3 is 2.73 bits per heavy atom. The third-order valence-electron chi connectivity index (χ3n) is 1.26. The van der Waals surface area contributed by atoms with Gasteiger partial charge in [-0.05, 0) is 37.3 Å². The van der Waals surface area contributed by atoms with E-state index in [0.29, 0.717) is 0 Å². The van der Waals surface area contributed by atoms with Crippen LogP contribution >= 0.6 is 0 Å². The first-order valence-corrected chi connectivity index (χ1v) is 3.91. The quantitative estimate of drug-likeness (QED) is 0.331. The Kier molecular flexibility index (Phi) is 6.36. The second kappa shape index (κ2) is 7.04. The van der Waals surface area contributed by atoms with Crippen LogP contribution in [-0.2, 0) is 0 Å². The molecule has 11 heavy (non-hydrogen) atoms. The summed E-state index contributed by atoms with van der Waals surface area (Å²) >= 11 is 0. The number of nitrogens with zero attached hydrogens (tertiary/aromatic N) is 1. The first-order chi connectivity index (χ1) is 5.35. The van der Waals surface area contributed by atoms with Gasteiger partial charge in [-0.3, -0.25) is 4.99 Å². The summed E-state index contributed by atoms with van der Waals surface area (Å²) in [4.78, 5) is 3.69. The molecule has 0 radical (unpaired) electrons. The van der Waals surface area contributed by atoms with Gasteiger partial charge in [0.2, 0.25) is 0 Å². The van der Waals surface area contributed by atoms with Gasteiger partial charge < -0.3 is 0 Å². The van der Waals surface area contributed by atoms with E-state index in [0.717, 1.165) is 18.4 Å². The minimum atomic E-state index is 0.976. The lowest BCUT2D eigenvalue weighted by molar-refractivity contribution is 1.14. The van der Waals surface area contributed by atoms with Crippen LogP contribution in [0.25, 0.3) is 0 Å². The van der Waals surface area contributed by atoms with Gasteiger partial charge in [0.15, 0.2) is 0 Å². The topological polar surface area (TPSA) is 12.4 Å². The van der Waals surface area contributed by atoms with Crippen molar-refractivity contribution in [3.05, 3.63) is 29.7 Å². The molecule has 0 saturated heterocycles. The molecule has 0 aliphatic carbocycles. The second-order valence-corrected chi connectivity index (χ2v) is 2.16. The van der Waals surface area contributed by atoms with Crippen LogP contribution < -0.4 is 0 Å². The summed E-state index contributed by atoms with van der Waals surface area (Å²) in [7, 11) is 0. The van der Waals surface area contributed by atoms with E-state index in [4.69, 9.17) is 0 Å². The molecular formula is C10H15N. The van der Waals surface area contributed by atoms with Crippen molar-refractivity contribution in [1.29, 1.82) is 0 Å². The van der Waals surface area contributed by atoms with Crippen LogP contribution in [0.4, 0.5) is 0 Å². The molecular weight excluding hydrogens is 134 g/mol. The van der Waals surface area contributed by atoms with E-state index < -0.39 is 0 Å². The van der Waals surface area contributed by atoms with Crippen LogP contribution in [0.3, 0.4) is 0 Å². The molecule has 0 amide bonds. The Hall–Kier alpha value is -1.07. The first-order valence-electron chi connectivity index (χ1n) is 3.91. The fourth-order valence-electron chi connectivity index (χ4n) is 0.632. The standard InChI is InChI=1S/C10H15N/c1-4-6-7-8-10(5-2)9-11-3/h6,8-9H,3-5H2,1-2H3/b10-9+. The van der Waals surface area contributed by atoms with Gasteiger partial charge in [0, 0.05) is 6.20 Å². The van der Waals surface area contributed by atoms with Crippen molar-refractivity contribution in [3.8, 4) is 0 Å². The van der Waals surface area contributed by atoms with E-state index in [9.17, 15) is 0 Å². The molecule has 0 bridgehead atoms. The summed E-state index contributed by atoms with van der Waals surface area (Å²) in [5.74, 6) is 0. The average Bonchev–Trinajstić information content (AvgIpc) is 2.03. The maximum absolute atomic E-state index is 3.69. The third-order valence-corrected chi connectivity index (χ3v) is 1.26. The van der Waals surface area contributed by atoms with Gasteiger partial charge in [-0.1, -0.05) is 13.8 Å². The molecule has 0 aromatic carbocycles. The summed E-state index contributed by atoms with van der Waals surface area (Å²) in [6, 6.07) is 0. The molecule has 0 saturated carbocycles. The maximum atomic E-state index is 3.69. The number of rotatable bonds is 4. The number of hydrogen-bond acceptors (Lipinski definition) is 1. The fourth-order valence-corrected chi connectivity index (χ4v) is 0.632. The normalized spacial score (nSPS) is 10.2. The van der Waals surface area contributed by atoms with Gasteiger partial charge in [0.1, 0.15) is 0 Å². The Morgan fingerprint density at radius 1 is 1.55 bits per heavy atom. The molecule has 0 N–H and O–H groups in total. The molecule has 60 valence electrons. The zero-order valence-corrected chi connectivity index (χ0v) is 7.30. The van der Waals surface area contributed by atoms with Gasteiger partial charge >= 0.3 is 0 Å². The SMILES string of the molecule is C=N/C=C(/C=C=CCC)CC. The zero-order chi connectivity index (χ0) is 8.53. The predicted molar refractivity (Wildman–Crippen MR) is 50.9 cm³/mol. The Morgan fingerprint density at radius 2 is 2.27 bits per heavy atom. The van der Waals surface area contributed by atoms with Crippen molar-refractivity contribution in [2.45, 2.75) is 26.7 Å². The Balaban J connectivity index is 4.18. The first kappa shape index (κ1) is 9.93.